The molecule has 1 atom stereocenters. The molecular weight excluding hydrogens is 455 g/mol. The zero-order valence-electron chi connectivity index (χ0n) is 17.6. The molecule has 6 nitrogen and oxygen atoms in total. The summed E-state index contributed by atoms with van der Waals surface area (Å²) < 4.78 is 38.9. The van der Waals surface area contributed by atoms with Crippen molar-refractivity contribution in [3.63, 3.8) is 0 Å². The van der Waals surface area contributed by atoms with Gasteiger partial charge in [0, 0.05) is 23.7 Å². The third kappa shape index (κ3) is 5.16. The number of nitrogens with zero attached hydrogens (tertiary/aromatic N) is 2. The maximum absolute atomic E-state index is 13.3. The van der Waals surface area contributed by atoms with E-state index in [0.717, 1.165) is 31.4 Å². The molecule has 174 valence electrons. The first-order chi connectivity index (χ1) is 15.7. The fourth-order valence-corrected chi connectivity index (χ4v) is 5.12. The number of carbonyl (C=O) groups is 3. The summed E-state index contributed by atoms with van der Waals surface area (Å²) >= 11 is 1.17. The Hall–Kier alpha value is -3.01. The van der Waals surface area contributed by atoms with Gasteiger partial charge in [-0.15, -0.1) is 11.8 Å². The maximum Gasteiger partial charge on any atom is 0.416 e. The van der Waals surface area contributed by atoms with Crippen molar-refractivity contribution in [1.82, 2.24) is 4.90 Å². The van der Waals surface area contributed by atoms with Crippen LogP contribution in [0.1, 0.15) is 24.8 Å². The molecule has 3 amide bonds. The van der Waals surface area contributed by atoms with Crippen LogP contribution in [0.4, 0.5) is 24.5 Å². The summed E-state index contributed by atoms with van der Waals surface area (Å²) in [5.74, 6) is -1.44. The molecule has 0 bridgehead atoms. The fourth-order valence-electron chi connectivity index (χ4n) is 3.93. The number of thioether (sulfide) groups is 1. The smallest absolute Gasteiger partial charge is 0.341 e. The molecule has 2 heterocycles. The van der Waals surface area contributed by atoms with Crippen molar-refractivity contribution in [1.29, 1.82) is 0 Å². The van der Waals surface area contributed by atoms with Crippen LogP contribution in [0.3, 0.4) is 0 Å². The second-order valence-electron chi connectivity index (χ2n) is 7.90. The molecule has 2 aromatic carbocycles. The highest BCUT2D eigenvalue weighted by atomic mass is 32.2. The van der Waals surface area contributed by atoms with E-state index in [2.05, 4.69) is 5.32 Å². The number of rotatable bonds is 4. The van der Waals surface area contributed by atoms with Gasteiger partial charge in [-0.05, 0) is 49.6 Å². The molecule has 2 aliphatic rings. The molecule has 1 fully saturated rings. The molecule has 0 aromatic heterocycles. The Morgan fingerprint density at radius 2 is 1.76 bits per heavy atom. The SMILES string of the molecule is O=C(CN1C(=O)C(C(=O)N2CCCCC2)Sc2ccccc21)Nc1cccc(C(F)(F)F)c1. The van der Waals surface area contributed by atoms with Crippen LogP contribution in [-0.2, 0) is 20.6 Å². The minimum Gasteiger partial charge on any atom is -0.341 e. The Labute approximate surface area is 193 Å². The fraction of sp³-hybridized carbons (Fsp3) is 0.348. The van der Waals surface area contributed by atoms with Crippen LogP contribution >= 0.6 is 11.8 Å². The Bertz CT molecular complexity index is 1070. The topological polar surface area (TPSA) is 69.7 Å². The average Bonchev–Trinajstić information content (AvgIpc) is 2.80. The van der Waals surface area contributed by atoms with E-state index in [9.17, 15) is 27.6 Å². The molecule has 4 rings (SSSR count). The predicted molar refractivity (Wildman–Crippen MR) is 119 cm³/mol. The van der Waals surface area contributed by atoms with Crippen LogP contribution in [0.25, 0.3) is 0 Å². The van der Waals surface area contributed by atoms with Gasteiger partial charge in [0.1, 0.15) is 6.54 Å². The van der Waals surface area contributed by atoms with Crippen LogP contribution in [-0.4, -0.2) is 47.5 Å². The summed E-state index contributed by atoms with van der Waals surface area (Å²) in [4.78, 5) is 42.7. The van der Waals surface area contributed by atoms with Gasteiger partial charge >= 0.3 is 6.18 Å². The second kappa shape index (κ2) is 9.46. The first-order valence-electron chi connectivity index (χ1n) is 10.6. The molecule has 1 saturated heterocycles. The van der Waals surface area contributed by atoms with E-state index < -0.39 is 35.3 Å². The van der Waals surface area contributed by atoms with Gasteiger partial charge in [0.05, 0.1) is 11.3 Å². The number of para-hydroxylation sites is 1. The lowest BCUT2D eigenvalue weighted by molar-refractivity contribution is -0.138. The Morgan fingerprint density at radius 1 is 1.03 bits per heavy atom. The van der Waals surface area contributed by atoms with Crippen LogP contribution in [0.15, 0.2) is 53.4 Å². The van der Waals surface area contributed by atoms with Gasteiger partial charge in [0.2, 0.25) is 11.8 Å². The number of hydrogen-bond donors (Lipinski definition) is 1. The summed E-state index contributed by atoms with van der Waals surface area (Å²) in [6.45, 7) is 0.776. The van der Waals surface area contributed by atoms with Gasteiger partial charge in [0.15, 0.2) is 5.25 Å². The lowest BCUT2D eigenvalue weighted by atomic mass is 10.1. The maximum atomic E-state index is 13.3. The van der Waals surface area contributed by atoms with Gasteiger partial charge in [-0.1, -0.05) is 18.2 Å². The van der Waals surface area contributed by atoms with Gasteiger partial charge in [0.25, 0.3) is 5.91 Å². The lowest BCUT2D eigenvalue weighted by Gasteiger charge is -2.36. The van der Waals surface area contributed by atoms with E-state index >= 15 is 0 Å². The van der Waals surface area contributed by atoms with Gasteiger partial charge < -0.3 is 15.1 Å². The molecule has 0 spiro atoms. The van der Waals surface area contributed by atoms with Crippen LogP contribution in [0.5, 0.6) is 0 Å². The Balaban J connectivity index is 1.53. The van der Waals surface area contributed by atoms with Crippen molar-refractivity contribution in [2.75, 3.05) is 29.9 Å². The van der Waals surface area contributed by atoms with E-state index in [4.69, 9.17) is 0 Å². The highest BCUT2D eigenvalue weighted by Gasteiger charge is 2.41. The number of likely N-dealkylation sites (tertiary alicyclic amines) is 1. The molecule has 33 heavy (non-hydrogen) atoms. The first-order valence-corrected chi connectivity index (χ1v) is 11.4. The molecule has 0 saturated carbocycles. The highest BCUT2D eigenvalue weighted by molar-refractivity contribution is 8.01. The molecular formula is C23H22F3N3O3S. The minimum absolute atomic E-state index is 0.0251. The summed E-state index contributed by atoms with van der Waals surface area (Å²) in [6.07, 6.45) is -1.73. The van der Waals surface area contributed by atoms with E-state index in [1.807, 2.05) is 0 Å². The summed E-state index contributed by atoms with van der Waals surface area (Å²) in [5, 5.41) is 1.42. The normalized spacial score (nSPS) is 18.6. The summed E-state index contributed by atoms with van der Waals surface area (Å²) in [5.41, 5.74) is -0.416. The molecule has 2 aliphatic heterocycles. The number of amides is 3. The van der Waals surface area contributed by atoms with E-state index in [1.54, 1.807) is 29.2 Å². The number of alkyl halides is 3. The number of halogens is 3. The molecule has 0 radical (unpaired) electrons. The number of nitrogens with one attached hydrogen (secondary N) is 1. The third-order valence-corrected chi connectivity index (χ3v) is 6.80. The zero-order valence-corrected chi connectivity index (χ0v) is 18.4. The molecule has 10 heteroatoms. The van der Waals surface area contributed by atoms with Crippen LogP contribution in [0, 0.1) is 0 Å². The average molecular weight is 478 g/mol. The standard InChI is InChI=1S/C23H22F3N3O3S/c24-23(25,26)15-7-6-8-16(13-15)27-19(30)14-29-17-9-2-3-10-18(17)33-20(22(29)32)21(31)28-11-4-1-5-12-28/h2-3,6-10,13,20H,1,4-5,11-12,14H2,(H,27,30). The third-order valence-electron chi connectivity index (χ3n) is 5.56. The van der Waals surface area contributed by atoms with Gasteiger partial charge in [-0.2, -0.15) is 13.2 Å². The van der Waals surface area contributed by atoms with Crippen molar-refractivity contribution in [3.8, 4) is 0 Å². The van der Waals surface area contributed by atoms with Crippen molar-refractivity contribution in [2.24, 2.45) is 0 Å². The monoisotopic (exact) mass is 477 g/mol. The minimum atomic E-state index is -4.54. The van der Waals surface area contributed by atoms with E-state index in [1.165, 1.54) is 28.8 Å². The zero-order chi connectivity index (χ0) is 23.6. The number of hydrogen-bond acceptors (Lipinski definition) is 4. The number of benzene rings is 2. The lowest BCUT2D eigenvalue weighted by Crippen LogP contribution is -2.52. The van der Waals surface area contributed by atoms with Crippen LogP contribution in [0.2, 0.25) is 0 Å². The Kier molecular flexibility index (Phi) is 6.64. The van der Waals surface area contributed by atoms with Crippen molar-refractivity contribution in [3.05, 3.63) is 54.1 Å². The number of fused-ring (bicyclic) bond motifs is 1. The molecule has 1 N–H and O–H groups in total. The van der Waals surface area contributed by atoms with E-state index in [-0.39, 0.29) is 11.6 Å². The quantitative estimate of drug-likeness (QED) is 0.672. The number of piperidine rings is 1. The summed E-state index contributed by atoms with van der Waals surface area (Å²) in [7, 11) is 0. The Morgan fingerprint density at radius 3 is 2.48 bits per heavy atom. The van der Waals surface area contributed by atoms with Crippen molar-refractivity contribution in [2.45, 2.75) is 35.6 Å². The largest absolute Gasteiger partial charge is 0.416 e. The first kappa shape index (κ1) is 23.2. The highest BCUT2D eigenvalue weighted by Crippen LogP contribution is 2.40. The molecule has 2 aromatic rings. The summed E-state index contributed by atoms with van der Waals surface area (Å²) in [6, 6.07) is 11.3. The van der Waals surface area contributed by atoms with E-state index in [0.29, 0.717) is 23.7 Å². The number of carbonyl (C=O) groups excluding carboxylic acids is 3. The van der Waals surface area contributed by atoms with Crippen molar-refractivity contribution < 1.29 is 27.6 Å². The number of anilines is 2. The molecule has 0 aliphatic carbocycles. The van der Waals surface area contributed by atoms with Crippen molar-refractivity contribution >= 4 is 40.9 Å². The second-order valence-corrected chi connectivity index (χ2v) is 9.05. The molecule has 1 unspecified atom stereocenters. The van der Waals surface area contributed by atoms with Crippen LogP contribution < -0.4 is 10.2 Å². The van der Waals surface area contributed by atoms with Gasteiger partial charge in [-0.25, -0.2) is 0 Å². The predicted octanol–water partition coefficient (Wildman–Crippen LogP) is 4.16. The van der Waals surface area contributed by atoms with Gasteiger partial charge in [-0.3, -0.25) is 14.4 Å².